The first-order valence-electron chi connectivity index (χ1n) is 7.44. The van der Waals surface area contributed by atoms with E-state index >= 15 is 0 Å². The molecular weight excluding hydrogens is 292 g/mol. The van der Waals surface area contributed by atoms with Gasteiger partial charge in [-0.25, -0.2) is 0 Å². The van der Waals surface area contributed by atoms with E-state index in [1.54, 1.807) is 0 Å². The second kappa shape index (κ2) is 5.35. The summed E-state index contributed by atoms with van der Waals surface area (Å²) in [6.07, 6.45) is -0.832. The van der Waals surface area contributed by atoms with Crippen LogP contribution in [-0.4, -0.2) is 28.5 Å². The predicted octanol–water partition coefficient (Wildman–Crippen LogP) is 1.97. The van der Waals surface area contributed by atoms with Crippen LogP contribution in [0.3, 0.4) is 0 Å². The fraction of sp³-hybridized carbons (Fsp3) is 0.167. The SMILES string of the molecule is O=C1C2ON=C(c3ccccc3)C2C(=O)N1Cc1ccccc1. The molecule has 0 aliphatic carbocycles. The Morgan fingerprint density at radius 1 is 0.913 bits per heavy atom. The van der Waals surface area contributed by atoms with Gasteiger partial charge in [-0.15, -0.1) is 0 Å². The molecule has 1 fully saturated rings. The van der Waals surface area contributed by atoms with Gasteiger partial charge in [0.15, 0.2) is 0 Å². The van der Waals surface area contributed by atoms with Crippen LogP contribution in [0.15, 0.2) is 65.8 Å². The molecule has 0 aromatic heterocycles. The average molecular weight is 306 g/mol. The molecule has 2 unspecified atom stereocenters. The van der Waals surface area contributed by atoms with Crippen LogP contribution in [0.1, 0.15) is 11.1 Å². The van der Waals surface area contributed by atoms with E-state index in [-0.39, 0.29) is 18.4 Å². The second-order valence-electron chi connectivity index (χ2n) is 5.59. The van der Waals surface area contributed by atoms with Crippen LogP contribution in [0.2, 0.25) is 0 Å². The number of likely N-dealkylation sites (tertiary alicyclic amines) is 1. The first kappa shape index (κ1) is 13.7. The highest BCUT2D eigenvalue weighted by atomic mass is 16.6. The maximum Gasteiger partial charge on any atom is 0.274 e. The van der Waals surface area contributed by atoms with Gasteiger partial charge in [0.1, 0.15) is 11.6 Å². The molecule has 2 aliphatic rings. The number of fused-ring (bicyclic) bond motifs is 1. The highest BCUT2D eigenvalue weighted by Gasteiger charge is 2.55. The number of benzene rings is 2. The molecule has 0 bridgehead atoms. The molecule has 2 aliphatic heterocycles. The van der Waals surface area contributed by atoms with Gasteiger partial charge < -0.3 is 4.84 Å². The van der Waals surface area contributed by atoms with Gasteiger partial charge in [-0.3, -0.25) is 14.5 Å². The van der Waals surface area contributed by atoms with E-state index in [0.29, 0.717) is 5.71 Å². The largest absolute Gasteiger partial charge is 0.381 e. The Morgan fingerprint density at radius 3 is 2.26 bits per heavy atom. The Labute approximate surface area is 133 Å². The van der Waals surface area contributed by atoms with Gasteiger partial charge in [-0.2, -0.15) is 0 Å². The fourth-order valence-electron chi connectivity index (χ4n) is 3.00. The predicted molar refractivity (Wildman–Crippen MR) is 83.3 cm³/mol. The minimum Gasteiger partial charge on any atom is -0.381 e. The lowest BCUT2D eigenvalue weighted by atomic mass is 9.94. The summed E-state index contributed by atoms with van der Waals surface area (Å²) in [6, 6.07) is 18.8. The number of oxime groups is 1. The van der Waals surface area contributed by atoms with Crippen LogP contribution in [0, 0.1) is 5.92 Å². The summed E-state index contributed by atoms with van der Waals surface area (Å²) in [6.45, 7) is 0.261. The number of imide groups is 1. The highest BCUT2D eigenvalue weighted by Crippen LogP contribution is 2.33. The third-order valence-electron chi connectivity index (χ3n) is 4.16. The Bertz CT molecular complexity index is 786. The summed E-state index contributed by atoms with van der Waals surface area (Å²) in [5.74, 6) is -1.21. The standard InChI is InChI=1S/C18H14N2O3/c21-17-14-15(13-9-5-2-6-10-13)19-23-16(14)18(22)20(17)11-12-7-3-1-4-8-12/h1-10,14,16H,11H2. The molecule has 0 radical (unpaired) electrons. The first-order valence-corrected chi connectivity index (χ1v) is 7.44. The van der Waals surface area contributed by atoms with Gasteiger partial charge in [-0.1, -0.05) is 65.8 Å². The molecule has 5 heteroatoms. The molecule has 5 nitrogen and oxygen atoms in total. The summed E-state index contributed by atoms with van der Waals surface area (Å²) < 4.78 is 0. The van der Waals surface area contributed by atoms with Crippen molar-refractivity contribution in [3.8, 4) is 0 Å². The number of hydrogen-bond acceptors (Lipinski definition) is 4. The molecule has 0 spiro atoms. The third-order valence-corrected chi connectivity index (χ3v) is 4.16. The molecule has 1 saturated heterocycles. The normalized spacial score (nSPS) is 22.8. The summed E-state index contributed by atoms with van der Waals surface area (Å²) in [5.41, 5.74) is 2.25. The number of carbonyl (C=O) groups is 2. The van der Waals surface area contributed by atoms with Crippen LogP contribution in [0.25, 0.3) is 0 Å². The van der Waals surface area contributed by atoms with E-state index in [2.05, 4.69) is 5.16 Å². The van der Waals surface area contributed by atoms with Gasteiger partial charge in [0, 0.05) is 5.56 Å². The number of rotatable bonds is 3. The van der Waals surface area contributed by atoms with Crippen molar-refractivity contribution in [2.45, 2.75) is 12.6 Å². The van der Waals surface area contributed by atoms with Gasteiger partial charge in [0.05, 0.1) is 6.54 Å². The lowest BCUT2D eigenvalue weighted by molar-refractivity contribution is -0.142. The van der Waals surface area contributed by atoms with Crippen molar-refractivity contribution >= 4 is 17.5 Å². The third kappa shape index (κ3) is 2.21. The van der Waals surface area contributed by atoms with Crippen molar-refractivity contribution in [2.24, 2.45) is 11.1 Å². The number of carbonyl (C=O) groups excluding carboxylic acids is 2. The zero-order valence-corrected chi connectivity index (χ0v) is 12.3. The summed E-state index contributed by atoms with van der Waals surface area (Å²) in [7, 11) is 0. The molecule has 0 saturated carbocycles. The first-order chi connectivity index (χ1) is 11.3. The Kier molecular flexibility index (Phi) is 3.19. The quantitative estimate of drug-likeness (QED) is 0.815. The zero-order valence-electron chi connectivity index (χ0n) is 12.3. The van der Waals surface area contributed by atoms with Crippen LogP contribution in [0.5, 0.6) is 0 Å². The van der Waals surface area contributed by atoms with Crippen LogP contribution < -0.4 is 0 Å². The van der Waals surface area contributed by atoms with Gasteiger partial charge in [0.2, 0.25) is 12.0 Å². The smallest absolute Gasteiger partial charge is 0.274 e. The maximum atomic E-state index is 12.7. The maximum absolute atomic E-state index is 12.7. The van der Waals surface area contributed by atoms with E-state index in [1.165, 1.54) is 4.90 Å². The molecule has 2 amide bonds. The molecule has 23 heavy (non-hydrogen) atoms. The monoisotopic (exact) mass is 306 g/mol. The Hall–Kier alpha value is -2.95. The van der Waals surface area contributed by atoms with Crippen LogP contribution in [0.4, 0.5) is 0 Å². The summed E-state index contributed by atoms with van der Waals surface area (Å²) in [4.78, 5) is 31.8. The summed E-state index contributed by atoms with van der Waals surface area (Å²) in [5, 5.41) is 3.98. The molecule has 2 heterocycles. The van der Waals surface area contributed by atoms with Gasteiger partial charge in [-0.05, 0) is 5.56 Å². The average Bonchev–Trinajstić information content (AvgIpc) is 3.13. The van der Waals surface area contributed by atoms with Crippen molar-refractivity contribution in [3.05, 3.63) is 71.8 Å². The van der Waals surface area contributed by atoms with Gasteiger partial charge >= 0.3 is 0 Å². The minimum absolute atomic E-state index is 0.246. The number of amides is 2. The molecule has 2 aromatic rings. The van der Waals surface area contributed by atoms with E-state index in [4.69, 9.17) is 4.84 Å². The van der Waals surface area contributed by atoms with Crippen molar-refractivity contribution in [3.63, 3.8) is 0 Å². The molecular formula is C18H14N2O3. The number of hydrogen-bond donors (Lipinski definition) is 0. The van der Waals surface area contributed by atoms with Crippen molar-refractivity contribution in [2.75, 3.05) is 0 Å². The van der Waals surface area contributed by atoms with Gasteiger partial charge in [0.25, 0.3) is 5.91 Å². The Balaban J connectivity index is 1.62. The minimum atomic E-state index is -0.832. The van der Waals surface area contributed by atoms with Crippen LogP contribution >= 0.6 is 0 Å². The zero-order chi connectivity index (χ0) is 15.8. The molecule has 4 rings (SSSR count). The summed E-state index contributed by atoms with van der Waals surface area (Å²) >= 11 is 0. The topological polar surface area (TPSA) is 59.0 Å². The van der Waals surface area contributed by atoms with E-state index < -0.39 is 12.0 Å². The van der Waals surface area contributed by atoms with E-state index in [9.17, 15) is 9.59 Å². The van der Waals surface area contributed by atoms with Crippen LogP contribution in [-0.2, 0) is 21.0 Å². The highest BCUT2D eigenvalue weighted by molar-refractivity contribution is 6.23. The number of nitrogens with zero attached hydrogens (tertiary/aromatic N) is 2. The fourth-order valence-corrected chi connectivity index (χ4v) is 3.00. The molecule has 2 atom stereocenters. The lowest BCUT2D eigenvalue weighted by Gasteiger charge is -2.15. The van der Waals surface area contributed by atoms with Crippen molar-refractivity contribution < 1.29 is 14.4 Å². The second-order valence-corrected chi connectivity index (χ2v) is 5.59. The molecule has 114 valence electrons. The lowest BCUT2D eigenvalue weighted by Crippen LogP contribution is -2.32. The van der Waals surface area contributed by atoms with E-state index in [1.807, 2.05) is 60.7 Å². The van der Waals surface area contributed by atoms with E-state index in [0.717, 1.165) is 11.1 Å². The Morgan fingerprint density at radius 2 is 1.57 bits per heavy atom. The molecule has 0 N–H and O–H groups in total. The van der Waals surface area contributed by atoms with Crippen molar-refractivity contribution in [1.29, 1.82) is 0 Å². The van der Waals surface area contributed by atoms with Crippen molar-refractivity contribution in [1.82, 2.24) is 4.90 Å². The molecule has 2 aromatic carbocycles.